The highest BCUT2D eigenvalue weighted by molar-refractivity contribution is 7.14. The van der Waals surface area contributed by atoms with E-state index >= 15 is 0 Å². The zero-order valence-electron chi connectivity index (χ0n) is 11.9. The van der Waals surface area contributed by atoms with E-state index in [1.165, 1.54) is 11.3 Å². The predicted octanol–water partition coefficient (Wildman–Crippen LogP) is 3.06. The molecule has 110 valence electrons. The fourth-order valence-electron chi connectivity index (χ4n) is 1.93. The van der Waals surface area contributed by atoms with Crippen molar-refractivity contribution in [1.82, 2.24) is 20.3 Å². The minimum absolute atomic E-state index is 0.124. The maximum Gasteiger partial charge on any atom is 0.262 e. The smallest absolute Gasteiger partial charge is 0.262 e. The number of H-pyrrole nitrogens is 1. The molecule has 0 aliphatic rings. The average Bonchev–Trinajstić information content (AvgIpc) is 3.22. The molecule has 0 aliphatic carbocycles. The molecule has 3 aromatic rings. The summed E-state index contributed by atoms with van der Waals surface area (Å²) in [6, 6.07) is 10.0. The molecule has 5 nitrogen and oxygen atoms in total. The van der Waals surface area contributed by atoms with E-state index in [0.717, 1.165) is 22.1 Å². The summed E-state index contributed by atoms with van der Waals surface area (Å²) in [5.74, 6) is 0.622. The van der Waals surface area contributed by atoms with Crippen molar-refractivity contribution in [2.75, 3.05) is 7.05 Å². The Hall–Kier alpha value is -2.73. The van der Waals surface area contributed by atoms with Gasteiger partial charge in [-0.2, -0.15) is 0 Å². The molecule has 3 rings (SSSR count). The van der Waals surface area contributed by atoms with Crippen LogP contribution in [0.15, 0.2) is 42.7 Å². The summed E-state index contributed by atoms with van der Waals surface area (Å²) in [5.41, 5.74) is 2.05. The summed E-state index contributed by atoms with van der Waals surface area (Å²) in [4.78, 5) is 23.8. The molecule has 0 spiro atoms. The van der Waals surface area contributed by atoms with E-state index in [-0.39, 0.29) is 5.91 Å². The lowest BCUT2D eigenvalue weighted by molar-refractivity contribution is 0.0967. The van der Waals surface area contributed by atoms with Crippen LogP contribution >= 0.6 is 11.3 Å². The number of nitrogens with one attached hydrogen (secondary N) is 2. The van der Waals surface area contributed by atoms with Gasteiger partial charge >= 0.3 is 0 Å². The molecule has 0 unspecified atom stereocenters. The average molecular weight is 310 g/mol. The van der Waals surface area contributed by atoms with Gasteiger partial charge in [0.05, 0.1) is 18.1 Å². The Morgan fingerprint density at radius 1 is 1.18 bits per heavy atom. The van der Waals surface area contributed by atoms with Crippen molar-refractivity contribution < 1.29 is 4.79 Å². The lowest BCUT2D eigenvalue weighted by Gasteiger charge is -1.94. The van der Waals surface area contributed by atoms with Crippen LogP contribution in [0.25, 0.3) is 23.4 Å². The highest BCUT2D eigenvalue weighted by Crippen LogP contribution is 2.18. The van der Waals surface area contributed by atoms with E-state index in [1.54, 1.807) is 19.4 Å². The number of benzene rings is 1. The molecule has 0 bridgehead atoms. The quantitative estimate of drug-likeness (QED) is 0.778. The summed E-state index contributed by atoms with van der Waals surface area (Å²) in [5, 5.41) is 3.34. The number of hydrogen-bond donors (Lipinski definition) is 2. The highest BCUT2D eigenvalue weighted by Gasteiger charge is 2.07. The Morgan fingerprint density at radius 3 is 2.77 bits per heavy atom. The molecule has 0 aliphatic heterocycles. The first-order valence-corrected chi connectivity index (χ1v) is 7.54. The monoisotopic (exact) mass is 310 g/mol. The van der Waals surface area contributed by atoms with Crippen LogP contribution in [0.4, 0.5) is 0 Å². The van der Waals surface area contributed by atoms with Crippen molar-refractivity contribution in [3.63, 3.8) is 0 Å². The molecule has 1 amide bonds. The van der Waals surface area contributed by atoms with Gasteiger partial charge in [-0.05, 0) is 17.7 Å². The Kier molecular flexibility index (Phi) is 4.11. The van der Waals surface area contributed by atoms with Gasteiger partial charge in [0, 0.05) is 7.05 Å². The van der Waals surface area contributed by atoms with E-state index in [9.17, 15) is 4.79 Å². The van der Waals surface area contributed by atoms with E-state index in [1.807, 2.05) is 42.5 Å². The van der Waals surface area contributed by atoms with Gasteiger partial charge in [-0.15, -0.1) is 11.3 Å². The fourth-order valence-corrected chi connectivity index (χ4v) is 2.70. The maximum absolute atomic E-state index is 11.5. The molecule has 0 fully saturated rings. The minimum atomic E-state index is -0.124. The molecule has 22 heavy (non-hydrogen) atoms. The number of aromatic amines is 1. The lowest BCUT2D eigenvalue weighted by Crippen LogP contribution is -2.16. The number of carbonyl (C=O) groups is 1. The zero-order chi connectivity index (χ0) is 15.4. The van der Waals surface area contributed by atoms with Crippen molar-refractivity contribution in [3.05, 3.63) is 58.4 Å². The second-order valence-electron chi connectivity index (χ2n) is 4.52. The third-order valence-corrected chi connectivity index (χ3v) is 4.00. The van der Waals surface area contributed by atoms with Gasteiger partial charge < -0.3 is 10.3 Å². The molecule has 0 atom stereocenters. The zero-order valence-corrected chi connectivity index (χ0v) is 12.7. The Bertz CT molecular complexity index is 804. The molecule has 0 saturated heterocycles. The number of amides is 1. The number of rotatable bonds is 4. The molecular weight excluding hydrogens is 296 g/mol. The van der Waals surface area contributed by atoms with Crippen molar-refractivity contribution >= 4 is 29.4 Å². The number of hydrogen-bond acceptors (Lipinski definition) is 4. The first-order valence-electron chi connectivity index (χ1n) is 6.72. The van der Waals surface area contributed by atoms with Gasteiger partial charge in [-0.3, -0.25) is 4.79 Å². The molecule has 0 radical (unpaired) electrons. The molecular formula is C16H14N4OS. The van der Waals surface area contributed by atoms with Crippen LogP contribution < -0.4 is 5.32 Å². The van der Waals surface area contributed by atoms with E-state index in [2.05, 4.69) is 20.3 Å². The minimum Gasteiger partial charge on any atom is -0.354 e. The van der Waals surface area contributed by atoms with Crippen LogP contribution in [0.1, 0.15) is 20.5 Å². The van der Waals surface area contributed by atoms with Crippen molar-refractivity contribution in [2.45, 2.75) is 0 Å². The van der Waals surface area contributed by atoms with Gasteiger partial charge in [-0.1, -0.05) is 30.3 Å². The third kappa shape index (κ3) is 3.12. The molecule has 1 aromatic carbocycles. The lowest BCUT2D eigenvalue weighted by atomic mass is 10.2. The summed E-state index contributed by atoms with van der Waals surface area (Å²) in [6.07, 6.45) is 7.05. The Labute approximate surface area is 131 Å². The molecule has 0 saturated carbocycles. The first kappa shape index (κ1) is 14.2. The normalized spacial score (nSPS) is 11.0. The van der Waals surface area contributed by atoms with Crippen LogP contribution in [0.2, 0.25) is 0 Å². The first-order chi connectivity index (χ1) is 10.8. The van der Waals surface area contributed by atoms with Gasteiger partial charge in [0.2, 0.25) is 0 Å². The number of nitrogens with zero attached hydrogens (tertiary/aromatic N) is 2. The summed E-state index contributed by atoms with van der Waals surface area (Å²) in [7, 11) is 1.60. The van der Waals surface area contributed by atoms with Crippen molar-refractivity contribution in [3.8, 4) is 11.3 Å². The van der Waals surface area contributed by atoms with Crippen molar-refractivity contribution in [2.24, 2.45) is 0 Å². The second kappa shape index (κ2) is 6.36. The van der Waals surface area contributed by atoms with Crippen LogP contribution in [0.5, 0.6) is 0 Å². The van der Waals surface area contributed by atoms with Gasteiger partial charge in [0.25, 0.3) is 5.91 Å². The summed E-state index contributed by atoms with van der Waals surface area (Å²) < 4.78 is 0. The molecule has 6 heteroatoms. The third-order valence-electron chi connectivity index (χ3n) is 3.04. The summed E-state index contributed by atoms with van der Waals surface area (Å²) in [6.45, 7) is 0. The van der Waals surface area contributed by atoms with Gasteiger partial charge in [0.15, 0.2) is 0 Å². The standard InChI is InChI=1S/C16H14N4OS/c1-17-16(21)13-10-19-15(22-13)8-7-14-18-9-12(20-14)11-5-3-2-4-6-11/h2-10H,1H3,(H,17,21)(H,18,20)/b8-7+. The molecule has 2 heterocycles. The van der Waals surface area contributed by atoms with Crippen LogP contribution in [0, 0.1) is 0 Å². The summed E-state index contributed by atoms with van der Waals surface area (Å²) >= 11 is 1.34. The number of imidazole rings is 1. The van der Waals surface area contributed by atoms with E-state index in [0.29, 0.717) is 4.88 Å². The largest absolute Gasteiger partial charge is 0.354 e. The number of aromatic nitrogens is 3. The maximum atomic E-state index is 11.5. The van der Waals surface area contributed by atoms with Gasteiger partial charge in [0.1, 0.15) is 15.7 Å². The molecule has 2 N–H and O–H groups in total. The van der Waals surface area contributed by atoms with Crippen LogP contribution in [-0.2, 0) is 0 Å². The fraction of sp³-hybridized carbons (Fsp3) is 0.0625. The predicted molar refractivity (Wildman–Crippen MR) is 88.5 cm³/mol. The SMILES string of the molecule is CNC(=O)c1cnc(/C=C/c2ncc(-c3ccccc3)[nH]2)s1. The van der Waals surface area contributed by atoms with E-state index in [4.69, 9.17) is 0 Å². The van der Waals surface area contributed by atoms with Crippen LogP contribution in [-0.4, -0.2) is 27.9 Å². The van der Waals surface area contributed by atoms with Crippen LogP contribution in [0.3, 0.4) is 0 Å². The highest BCUT2D eigenvalue weighted by atomic mass is 32.1. The van der Waals surface area contributed by atoms with Gasteiger partial charge in [-0.25, -0.2) is 9.97 Å². The number of thiazole rings is 1. The Morgan fingerprint density at radius 2 is 2.00 bits per heavy atom. The van der Waals surface area contributed by atoms with E-state index < -0.39 is 0 Å². The Balaban J connectivity index is 1.75. The molecule has 2 aromatic heterocycles. The second-order valence-corrected chi connectivity index (χ2v) is 5.59. The number of carbonyl (C=O) groups excluding carboxylic acids is 1. The topological polar surface area (TPSA) is 70.7 Å². The van der Waals surface area contributed by atoms with Crippen molar-refractivity contribution in [1.29, 1.82) is 0 Å².